The van der Waals surface area contributed by atoms with Crippen LogP contribution in [0.5, 0.6) is 0 Å². The van der Waals surface area contributed by atoms with Crippen molar-refractivity contribution in [3.63, 3.8) is 0 Å². The van der Waals surface area contributed by atoms with Crippen LogP contribution in [0.4, 0.5) is 4.79 Å². The van der Waals surface area contributed by atoms with E-state index in [4.69, 9.17) is 5.73 Å². The monoisotopic (exact) mass is 372 g/mol. The van der Waals surface area contributed by atoms with E-state index in [2.05, 4.69) is 39.8 Å². The van der Waals surface area contributed by atoms with Crippen molar-refractivity contribution in [1.29, 1.82) is 0 Å². The van der Waals surface area contributed by atoms with Crippen molar-refractivity contribution in [2.24, 2.45) is 5.73 Å². The molecule has 0 unspecified atom stereocenters. The average Bonchev–Trinajstić information content (AvgIpc) is 3.05. The number of benzene rings is 1. The van der Waals surface area contributed by atoms with Crippen LogP contribution in [0.15, 0.2) is 24.3 Å². The molecule has 0 aromatic heterocycles. The number of hydrogen-bond donors (Lipinski definition) is 3. The van der Waals surface area contributed by atoms with Crippen molar-refractivity contribution < 1.29 is 9.59 Å². The van der Waals surface area contributed by atoms with E-state index >= 15 is 0 Å². The molecule has 0 spiro atoms. The first kappa shape index (κ1) is 19.7. The van der Waals surface area contributed by atoms with Crippen LogP contribution in [0.3, 0.4) is 0 Å². The number of hydrogen-bond acceptors (Lipinski definition) is 3. The second-order valence-electron chi connectivity index (χ2n) is 7.97. The zero-order valence-electron chi connectivity index (χ0n) is 16.1. The molecular weight excluding hydrogens is 340 g/mol. The minimum absolute atomic E-state index is 0.322. The molecule has 1 saturated carbocycles. The summed E-state index contributed by atoms with van der Waals surface area (Å²) in [5.41, 5.74) is 7.07. The van der Waals surface area contributed by atoms with E-state index in [0.717, 1.165) is 37.8 Å². The molecule has 0 atom stereocenters. The number of rotatable bonds is 6. The Balaban J connectivity index is 1.49. The van der Waals surface area contributed by atoms with Gasteiger partial charge in [0.05, 0.1) is 0 Å². The summed E-state index contributed by atoms with van der Waals surface area (Å²) in [6.07, 6.45) is 7.85. The predicted octanol–water partition coefficient (Wildman–Crippen LogP) is 2.66. The van der Waals surface area contributed by atoms with Crippen molar-refractivity contribution in [1.82, 2.24) is 15.5 Å². The molecule has 3 rings (SSSR count). The number of nitrogens with one attached hydrogen (secondary N) is 2. The highest BCUT2D eigenvalue weighted by Crippen LogP contribution is 2.27. The van der Waals surface area contributed by atoms with E-state index in [0.29, 0.717) is 19.4 Å². The van der Waals surface area contributed by atoms with Gasteiger partial charge in [-0.3, -0.25) is 9.69 Å². The van der Waals surface area contributed by atoms with Gasteiger partial charge < -0.3 is 16.4 Å². The first-order valence-electron chi connectivity index (χ1n) is 10.2. The average molecular weight is 373 g/mol. The van der Waals surface area contributed by atoms with Crippen molar-refractivity contribution in [3.8, 4) is 0 Å². The third-order valence-corrected chi connectivity index (χ3v) is 5.86. The molecule has 6 heteroatoms. The van der Waals surface area contributed by atoms with Crippen LogP contribution >= 0.6 is 0 Å². The SMILES string of the molecule is NC(=O)C1(NC(=O)NCc2ccc(CN3CCCC3)cc2)CCCCCC1. The molecule has 1 aromatic carbocycles. The Hall–Kier alpha value is -2.08. The summed E-state index contributed by atoms with van der Waals surface area (Å²) < 4.78 is 0. The Labute approximate surface area is 161 Å². The fraction of sp³-hybridized carbons (Fsp3) is 0.619. The number of amides is 3. The van der Waals surface area contributed by atoms with Gasteiger partial charge in [0.25, 0.3) is 0 Å². The molecule has 148 valence electrons. The topological polar surface area (TPSA) is 87.5 Å². The number of carbonyl (C=O) groups is 2. The maximum atomic E-state index is 12.4. The molecule has 6 nitrogen and oxygen atoms in total. The lowest BCUT2D eigenvalue weighted by atomic mass is 9.89. The van der Waals surface area contributed by atoms with E-state index in [-0.39, 0.29) is 6.03 Å². The molecular formula is C21H32N4O2. The van der Waals surface area contributed by atoms with Gasteiger partial charge in [-0.25, -0.2) is 4.79 Å². The van der Waals surface area contributed by atoms with Gasteiger partial charge in [-0.05, 0) is 49.9 Å². The van der Waals surface area contributed by atoms with Crippen LogP contribution in [0.2, 0.25) is 0 Å². The highest BCUT2D eigenvalue weighted by atomic mass is 16.2. The van der Waals surface area contributed by atoms with Gasteiger partial charge in [-0.15, -0.1) is 0 Å². The maximum absolute atomic E-state index is 12.4. The summed E-state index contributed by atoms with van der Waals surface area (Å²) >= 11 is 0. The fourth-order valence-electron chi connectivity index (χ4n) is 4.17. The lowest BCUT2D eigenvalue weighted by Crippen LogP contribution is -2.59. The van der Waals surface area contributed by atoms with Crippen molar-refractivity contribution >= 4 is 11.9 Å². The van der Waals surface area contributed by atoms with Gasteiger partial charge >= 0.3 is 6.03 Å². The van der Waals surface area contributed by atoms with Gasteiger partial charge in [0.1, 0.15) is 5.54 Å². The standard InChI is InChI=1S/C21H32N4O2/c22-19(26)21(11-3-1-2-4-12-21)24-20(27)23-15-17-7-9-18(10-8-17)16-25-13-5-6-14-25/h7-10H,1-6,11-16H2,(H2,22,26)(H2,23,24,27). The molecule has 1 aromatic rings. The molecule has 2 fully saturated rings. The van der Waals surface area contributed by atoms with E-state index in [1.807, 2.05) is 0 Å². The van der Waals surface area contributed by atoms with Crippen molar-refractivity contribution in [3.05, 3.63) is 35.4 Å². The van der Waals surface area contributed by atoms with Gasteiger partial charge in [0.15, 0.2) is 0 Å². The van der Waals surface area contributed by atoms with E-state index in [9.17, 15) is 9.59 Å². The summed E-state index contributed by atoms with van der Waals surface area (Å²) in [6.45, 7) is 3.80. The van der Waals surface area contributed by atoms with Gasteiger partial charge in [-0.2, -0.15) is 0 Å². The van der Waals surface area contributed by atoms with Crippen LogP contribution < -0.4 is 16.4 Å². The van der Waals surface area contributed by atoms with E-state index < -0.39 is 11.4 Å². The molecule has 1 aliphatic heterocycles. The summed E-state index contributed by atoms with van der Waals surface area (Å²) in [7, 11) is 0. The number of nitrogens with two attached hydrogens (primary N) is 1. The number of nitrogens with zero attached hydrogens (tertiary/aromatic N) is 1. The highest BCUT2D eigenvalue weighted by molar-refractivity contribution is 5.89. The van der Waals surface area contributed by atoms with Crippen LogP contribution in [0, 0.1) is 0 Å². The van der Waals surface area contributed by atoms with Gasteiger partial charge in [-0.1, -0.05) is 49.9 Å². The second kappa shape index (κ2) is 9.22. The summed E-state index contributed by atoms with van der Waals surface area (Å²) in [6, 6.07) is 8.05. The molecule has 27 heavy (non-hydrogen) atoms. The van der Waals surface area contributed by atoms with Gasteiger partial charge in [0, 0.05) is 13.1 Å². The first-order valence-corrected chi connectivity index (χ1v) is 10.2. The van der Waals surface area contributed by atoms with Gasteiger partial charge in [0.2, 0.25) is 5.91 Å². The number of primary amides is 1. The molecule has 4 N–H and O–H groups in total. The van der Waals surface area contributed by atoms with Crippen LogP contribution in [0.25, 0.3) is 0 Å². The summed E-state index contributed by atoms with van der Waals surface area (Å²) in [4.78, 5) is 26.8. The van der Waals surface area contributed by atoms with Crippen LogP contribution in [-0.4, -0.2) is 35.5 Å². The zero-order chi connectivity index (χ0) is 19.1. The minimum Gasteiger partial charge on any atom is -0.368 e. The summed E-state index contributed by atoms with van der Waals surface area (Å²) in [5.74, 6) is -0.425. The number of carbonyl (C=O) groups excluding carboxylic acids is 2. The minimum atomic E-state index is -0.903. The molecule has 0 bridgehead atoms. The normalized spacial score (nSPS) is 20.0. The Morgan fingerprint density at radius 3 is 2.11 bits per heavy atom. The lowest BCUT2D eigenvalue weighted by Gasteiger charge is -2.30. The molecule has 1 aliphatic carbocycles. The van der Waals surface area contributed by atoms with Crippen LogP contribution in [-0.2, 0) is 17.9 Å². The fourth-order valence-corrected chi connectivity index (χ4v) is 4.17. The Morgan fingerprint density at radius 1 is 0.926 bits per heavy atom. The van der Waals surface area contributed by atoms with E-state index in [1.165, 1.54) is 31.5 Å². The Morgan fingerprint density at radius 2 is 1.52 bits per heavy atom. The van der Waals surface area contributed by atoms with Crippen molar-refractivity contribution in [2.75, 3.05) is 13.1 Å². The lowest BCUT2D eigenvalue weighted by molar-refractivity contribution is -0.124. The highest BCUT2D eigenvalue weighted by Gasteiger charge is 2.38. The number of likely N-dealkylation sites (tertiary alicyclic amines) is 1. The first-order chi connectivity index (χ1) is 13.1. The smallest absolute Gasteiger partial charge is 0.315 e. The maximum Gasteiger partial charge on any atom is 0.315 e. The quantitative estimate of drug-likeness (QED) is 0.671. The van der Waals surface area contributed by atoms with E-state index in [1.54, 1.807) is 0 Å². The molecule has 0 radical (unpaired) electrons. The molecule has 3 amide bonds. The Bertz CT molecular complexity index is 630. The largest absolute Gasteiger partial charge is 0.368 e. The zero-order valence-corrected chi connectivity index (χ0v) is 16.1. The molecule has 2 aliphatic rings. The van der Waals surface area contributed by atoms with Crippen molar-refractivity contribution in [2.45, 2.75) is 70.0 Å². The summed E-state index contributed by atoms with van der Waals surface area (Å²) in [5, 5.41) is 5.74. The second-order valence-corrected chi connectivity index (χ2v) is 7.97. The third-order valence-electron chi connectivity index (χ3n) is 5.86. The number of urea groups is 1. The predicted molar refractivity (Wildman–Crippen MR) is 106 cm³/mol. The van der Waals surface area contributed by atoms with Crippen LogP contribution in [0.1, 0.15) is 62.5 Å². The molecule has 1 heterocycles. The molecule has 1 saturated heterocycles. The third kappa shape index (κ3) is 5.45. The Kier molecular flexibility index (Phi) is 6.72.